The van der Waals surface area contributed by atoms with Crippen LogP contribution in [0.25, 0.3) is 11.3 Å². The minimum atomic E-state index is -4.35. The number of H-pyrrole nitrogens is 1. The molecule has 0 fully saturated rings. The van der Waals surface area contributed by atoms with Gasteiger partial charge in [0.05, 0.1) is 11.3 Å². The van der Waals surface area contributed by atoms with Crippen LogP contribution in [0.5, 0.6) is 0 Å². The molecular formula is C10H6F3NS2. The lowest BCUT2D eigenvalue weighted by Crippen LogP contribution is -2.06. The summed E-state index contributed by atoms with van der Waals surface area (Å²) in [6, 6.07) is 5.42. The van der Waals surface area contributed by atoms with Crippen molar-refractivity contribution in [3.05, 3.63) is 39.2 Å². The Labute approximate surface area is 98.6 Å². The molecule has 6 heteroatoms. The molecule has 0 saturated heterocycles. The summed E-state index contributed by atoms with van der Waals surface area (Å²) in [6.45, 7) is 0. The van der Waals surface area contributed by atoms with Crippen molar-refractivity contribution in [2.24, 2.45) is 0 Å². The fourth-order valence-corrected chi connectivity index (χ4v) is 2.21. The molecule has 1 aromatic heterocycles. The fourth-order valence-electron chi connectivity index (χ4n) is 1.38. The monoisotopic (exact) mass is 261 g/mol. The molecule has 0 aliphatic carbocycles. The van der Waals surface area contributed by atoms with Crippen LogP contribution in [0, 0.1) is 3.95 Å². The van der Waals surface area contributed by atoms with Crippen LogP contribution in [0.3, 0.4) is 0 Å². The quantitative estimate of drug-likeness (QED) is 0.748. The Morgan fingerprint density at radius 3 is 2.44 bits per heavy atom. The molecule has 1 nitrogen and oxygen atoms in total. The molecule has 0 amide bonds. The molecule has 0 spiro atoms. The minimum absolute atomic E-state index is 0.127. The summed E-state index contributed by atoms with van der Waals surface area (Å²) in [5, 5.41) is 1.59. The maximum atomic E-state index is 12.7. The zero-order valence-corrected chi connectivity index (χ0v) is 9.47. The molecule has 1 heterocycles. The van der Waals surface area contributed by atoms with Gasteiger partial charge in [-0.25, -0.2) is 0 Å². The SMILES string of the molecule is FC(F)(F)c1ccccc1-c1csc(=S)[nH]1. The lowest BCUT2D eigenvalue weighted by Gasteiger charge is -2.10. The largest absolute Gasteiger partial charge is 0.417 e. The smallest absolute Gasteiger partial charge is 0.337 e. The van der Waals surface area contributed by atoms with Gasteiger partial charge in [0.2, 0.25) is 0 Å². The average Bonchev–Trinajstić information content (AvgIpc) is 2.64. The summed E-state index contributed by atoms with van der Waals surface area (Å²) >= 11 is 6.06. The summed E-state index contributed by atoms with van der Waals surface area (Å²) in [4.78, 5) is 2.74. The van der Waals surface area contributed by atoms with Crippen LogP contribution in [0.4, 0.5) is 13.2 Å². The molecular weight excluding hydrogens is 255 g/mol. The third-order valence-electron chi connectivity index (χ3n) is 2.04. The lowest BCUT2D eigenvalue weighted by molar-refractivity contribution is -0.137. The normalized spacial score (nSPS) is 11.7. The second-order valence-corrected chi connectivity index (χ2v) is 4.65. The van der Waals surface area contributed by atoms with Gasteiger partial charge < -0.3 is 4.98 Å². The minimum Gasteiger partial charge on any atom is -0.337 e. The molecule has 0 saturated carbocycles. The van der Waals surface area contributed by atoms with Gasteiger partial charge >= 0.3 is 6.18 Å². The van der Waals surface area contributed by atoms with Crippen LogP contribution >= 0.6 is 23.6 Å². The Morgan fingerprint density at radius 2 is 1.88 bits per heavy atom. The van der Waals surface area contributed by atoms with Gasteiger partial charge in [0, 0.05) is 10.9 Å². The van der Waals surface area contributed by atoms with Crippen molar-refractivity contribution in [1.82, 2.24) is 4.98 Å². The number of thiazole rings is 1. The highest BCUT2D eigenvalue weighted by Gasteiger charge is 2.33. The van der Waals surface area contributed by atoms with E-state index in [9.17, 15) is 13.2 Å². The standard InChI is InChI=1S/C10H6F3NS2/c11-10(12,13)7-4-2-1-3-6(7)8-5-16-9(15)14-8/h1-5H,(H,14,15). The Bertz CT molecular complexity index is 553. The maximum absolute atomic E-state index is 12.7. The van der Waals surface area contributed by atoms with E-state index in [1.54, 1.807) is 11.4 Å². The van der Waals surface area contributed by atoms with E-state index in [-0.39, 0.29) is 5.56 Å². The number of halogens is 3. The zero-order chi connectivity index (χ0) is 11.8. The van der Waals surface area contributed by atoms with Crippen molar-refractivity contribution in [1.29, 1.82) is 0 Å². The number of aromatic amines is 1. The Balaban J connectivity index is 2.61. The third-order valence-corrected chi connectivity index (χ3v) is 3.10. The Hall–Kier alpha value is -1.14. The maximum Gasteiger partial charge on any atom is 0.417 e. The van der Waals surface area contributed by atoms with E-state index in [4.69, 9.17) is 12.2 Å². The Kier molecular flexibility index (Phi) is 2.86. The average molecular weight is 261 g/mol. The molecule has 0 bridgehead atoms. The van der Waals surface area contributed by atoms with E-state index in [0.717, 1.165) is 6.07 Å². The van der Waals surface area contributed by atoms with E-state index in [1.807, 2.05) is 0 Å². The van der Waals surface area contributed by atoms with E-state index in [2.05, 4.69) is 4.98 Å². The molecule has 16 heavy (non-hydrogen) atoms. The molecule has 1 N–H and O–H groups in total. The predicted octanol–water partition coefficient (Wildman–Crippen LogP) is 4.49. The van der Waals surface area contributed by atoms with Gasteiger partial charge in [0.25, 0.3) is 0 Å². The molecule has 0 radical (unpaired) electrons. The summed E-state index contributed by atoms with van der Waals surface area (Å²) in [5.74, 6) is 0. The van der Waals surface area contributed by atoms with Crippen molar-refractivity contribution >= 4 is 23.6 Å². The molecule has 0 aliphatic rings. The van der Waals surface area contributed by atoms with Crippen LogP contribution < -0.4 is 0 Å². The topological polar surface area (TPSA) is 15.8 Å². The number of benzene rings is 1. The summed E-state index contributed by atoms with van der Waals surface area (Å²) in [6.07, 6.45) is -4.35. The summed E-state index contributed by atoms with van der Waals surface area (Å²) in [5.41, 5.74) is -0.121. The van der Waals surface area contributed by atoms with Crippen molar-refractivity contribution in [2.45, 2.75) is 6.18 Å². The first-order valence-corrected chi connectivity index (χ1v) is 5.61. The number of rotatable bonds is 1. The van der Waals surface area contributed by atoms with E-state index >= 15 is 0 Å². The van der Waals surface area contributed by atoms with Gasteiger partial charge in [-0.05, 0) is 18.3 Å². The number of hydrogen-bond acceptors (Lipinski definition) is 2. The second kappa shape index (κ2) is 4.03. The van der Waals surface area contributed by atoms with Gasteiger partial charge in [-0.15, -0.1) is 11.3 Å². The number of nitrogens with one attached hydrogen (secondary N) is 1. The molecule has 0 aliphatic heterocycles. The molecule has 84 valence electrons. The Morgan fingerprint density at radius 1 is 1.19 bits per heavy atom. The highest BCUT2D eigenvalue weighted by Crippen LogP contribution is 2.36. The molecule has 2 rings (SSSR count). The van der Waals surface area contributed by atoms with Crippen LogP contribution in [-0.2, 0) is 6.18 Å². The third kappa shape index (κ3) is 2.17. The molecule has 0 unspecified atom stereocenters. The zero-order valence-electron chi connectivity index (χ0n) is 7.84. The van der Waals surface area contributed by atoms with Crippen LogP contribution in [0.1, 0.15) is 5.56 Å². The highest BCUT2D eigenvalue weighted by molar-refractivity contribution is 7.73. The molecule has 1 aromatic carbocycles. The van der Waals surface area contributed by atoms with Crippen LogP contribution in [0.15, 0.2) is 29.6 Å². The second-order valence-electron chi connectivity index (χ2n) is 3.11. The first-order chi connectivity index (χ1) is 7.48. The van der Waals surface area contributed by atoms with E-state index in [1.165, 1.54) is 23.5 Å². The molecule has 0 atom stereocenters. The van der Waals surface area contributed by atoms with Crippen molar-refractivity contribution in [3.63, 3.8) is 0 Å². The first-order valence-electron chi connectivity index (χ1n) is 4.33. The van der Waals surface area contributed by atoms with Crippen molar-refractivity contribution in [3.8, 4) is 11.3 Å². The van der Waals surface area contributed by atoms with Crippen LogP contribution in [-0.4, -0.2) is 4.98 Å². The number of hydrogen-bond donors (Lipinski definition) is 1. The number of alkyl halides is 3. The molecule has 2 aromatic rings. The summed E-state index contributed by atoms with van der Waals surface area (Å²) < 4.78 is 38.6. The summed E-state index contributed by atoms with van der Waals surface area (Å²) in [7, 11) is 0. The van der Waals surface area contributed by atoms with E-state index in [0.29, 0.717) is 9.65 Å². The van der Waals surface area contributed by atoms with Gasteiger partial charge in [-0.2, -0.15) is 13.2 Å². The van der Waals surface area contributed by atoms with E-state index < -0.39 is 11.7 Å². The van der Waals surface area contributed by atoms with Crippen molar-refractivity contribution < 1.29 is 13.2 Å². The van der Waals surface area contributed by atoms with Gasteiger partial charge in [0.15, 0.2) is 3.95 Å². The van der Waals surface area contributed by atoms with Crippen LogP contribution in [0.2, 0.25) is 0 Å². The lowest BCUT2D eigenvalue weighted by atomic mass is 10.1. The van der Waals surface area contributed by atoms with Gasteiger partial charge in [-0.3, -0.25) is 0 Å². The van der Waals surface area contributed by atoms with Crippen molar-refractivity contribution in [2.75, 3.05) is 0 Å². The fraction of sp³-hybridized carbons (Fsp3) is 0.100. The first kappa shape index (κ1) is 11.3. The highest BCUT2D eigenvalue weighted by atomic mass is 32.1. The predicted molar refractivity (Wildman–Crippen MR) is 59.9 cm³/mol. The van der Waals surface area contributed by atoms with Gasteiger partial charge in [-0.1, -0.05) is 18.2 Å². The van der Waals surface area contributed by atoms with Gasteiger partial charge in [0.1, 0.15) is 0 Å². The number of aromatic nitrogens is 1.